The molecule has 1 unspecified atom stereocenters. The highest BCUT2D eigenvalue weighted by atomic mass is 35.5. The third kappa shape index (κ3) is 4.28. The van der Waals surface area contributed by atoms with Crippen molar-refractivity contribution in [1.82, 2.24) is 5.32 Å². The number of hydrogen-bond acceptors (Lipinski definition) is 5. The van der Waals surface area contributed by atoms with Crippen LogP contribution in [0.4, 0.5) is 0 Å². The van der Waals surface area contributed by atoms with Gasteiger partial charge in [0, 0.05) is 29.9 Å². The number of hydrogen-bond donors (Lipinski definition) is 2. The van der Waals surface area contributed by atoms with Crippen LogP contribution in [0.1, 0.15) is 17.2 Å². The second kappa shape index (κ2) is 6.89. The van der Waals surface area contributed by atoms with Crippen molar-refractivity contribution in [3.05, 3.63) is 51.2 Å². The Morgan fingerprint density at radius 1 is 1.38 bits per heavy atom. The van der Waals surface area contributed by atoms with E-state index in [1.54, 1.807) is 12.1 Å². The van der Waals surface area contributed by atoms with Crippen LogP contribution in [0.3, 0.4) is 0 Å². The lowest BCUT2D eigenvalue weighted by Gasteiger charge is -2.13. The summed E-state index contributed by atoms with van der Waals surface area (Å²) in [6.07, 6.45) is 0.531. The van der Waals surface area contributed by atoms with E-state index in [0.717, 1.165) is 11.8 Å². The average molecular weight is 346 g/mol. The largest absolute Gasteiger partial charge is 0.387 e. The summed E-state index contributed by atoms with van der Waals surface area (Å²) < 4.78 is 23.5. The zero-order valence-corrected chi connectivity index (χ0v) is 13.8. The van der Waals surface area contributed by atoms with Crippen LogP contribution in [-0.4, -0.2) is 26.3 Å². The number of thiophene rings is 1. The van der Waals surface area contributed by atoms with Crippen LogP contribution < -0.4 is 5.32 Å². The Balaban J connectivity index is 2.07. The fourth-order valence-corrected chi connectivity index (χ4v) is 3.93. The Hall–Kier alpha value is -0.920. The second-order valence-corrected chi connectivity index (χ2v) is 7.86. The maximum atomic E-state index is 11.8. The molecular weight excluding hydrogens is 330 g/mol. The van der Waals surface area contributed by atoms with Gasteiger partial charge < -0.3 is 10.4 Å². The lowest BCUT2D eigenvalue weighted by Crippen LogP contribution is -2.22. The monoisotopic (exact) mass is 345 g/mol. The molecule has 1 atom stereocenters. The van der Waals surface area contributed by atoms with Crippen molar-refractivity contribution in [3.63, 3.8) is 0 Å². The highest BCUT2D eigenvalue weighted by Crippen LogP contribution is 2.24. The van der Waals surface area contributed by atoms with E-state index in [0.29, 0.717) is 17.1 Å². The molecule has 2 rings (SSSR count). The molecule has 2 N–H and O–H groups in total. The fourth-order valence-electron chi connectivity index (χ4n) is 1.97. The molecule has 0 saturated carbocycles. The molecule has 1 aromatic heterocycles. The molecule has 0 bridgehead atoms. The first-order valence-corrected chi connectivity index (χ1v) is 9.49. The molecule has 0 spiro atoms. The molecule has 7 heteroatoms. The van der Waals surface area contributed by atoms with E-state index in [9.17, 15) is 13.5 Å². The van der Waals surface area contributed by atoms with Gasteiger partial charge in [0.2, 0.25) is 0 Å². The van der Waals surface area contributed by atoms with E-state index in [1.165, 1.54) is 17.4 Å². The highest BCUT2D eigenvalue weighted by molar-refractivity contribution is 7.90. The number of benzene rings is 1. The quantitative estimate of drug-likeness (QED) is 0.844. The summed E-state index contributed by atoms with van der Waals surface area (Å²) in [6.45, 7) is 0.606. The molecule has 0 aliphatic carbocycles. The van der Waals surface area contributed by atoms with Crippen LogP contribution in [0.5, 0.6) is 0 Å². The summed E-state index contributed by atoms with van der Waals surface area (Å²) in [5, 5.41) is 17.2. The standard InChI is InChI=1S/C14H16ClNO3S2/c1-21(18,19)14-4-2-3-12(15)11(14)7-16-8-13(17)10-5-6-20-9-10/h2-6,9,13,16-17H,7-8H2,1H3. The highest BCUT2D eigenvalue weighted by Gasteiger charge is 2.16. The Bertz CT molecular complexity index is 699. The van der Waals surface area contributed by atoms with Gasteiger partial charge in [0.1, 0.15) is 0 Å². The van der Waals surface area contributed by atoms with Gasteiger partial charge in [-0.15, -0.1) is 0 Å². The van der Waals surface area contributed by atoms with Crippen molar-refractivity contribution in [2.24, 2.45) is 0 Å². The van der Waals surface area contributed by atoms with Gasteiger partial charge in [-0.05, 0) is 34.5 Å². The summed E-state index contributed by atoms with van der Waals surface area (Å²) in [4.78, 5) is 0.215. The van der Waals surface area contributed by atoms with Crippen molar-refractivity contribution in [3.8, 4) is 0 Å². The van der Waals surface area contributed by atoms with Gasteiger partial charge in [-0.1, -0.05) is 17.7 Å². The number of rotatable bonds is 6. The van der Waals surface area contributed by atoms with E-state index in [-0.39, 0.29) is 11.4 Å². The molecule has 114 valence electrons. The fraction of sp³-hybridized carbons (Fsp3) is 0.286. The molecule has 0 fully saturated rings. The smallest absolute Gasteiger partial charge is 0.175 e. The zero-order chi connectivity index (χ0) is 15.5. The van der Waals surface area contributed by atoms with Crippen molar-refractivity contribution in [1.29, 1.82) is 0 Å². The topological polar surface area (TPSA) is 66.4 Å². The molecule has 0 radical (unpaired) electrons. The molecule has 0 saturated heterocycles. The van der Waals surface area contributed by atoms with Gasteiger partial charge in [0.15, 0.2) is 9.84 Å². The Kier molecular flexibility index (Phi) is 5.40. The molecule has 0 aliphatic heterocycles. The van der Waals surface area contributed by atoms with Gasteiger partial charge in [0.05, 0.1) is 11.0 Å². The molecule has 1 aromatic carbocycles. The summed E-state index contributed by atoms with van der Waals surface area (Å²) in [6, 6.07) is 6.66. The van der Waals surface area contributed by atoms with E-state index < -0.39 is 15.9 Å². The third-order valence-corrected chi connectivity index (χ3v) is 5.28. The van der Waals surface area contributed by atoms with Crippen molar-refractivity contribution in [2.75, 3.05) is 12.8 Å². The predicted octanol–water partition coefficient (Wildman–Crippen LogP) is 2.63. The van der Waals surface area contributed by atoms with Crippen molar-refractivity contribution >= 4 is 32.8 Å². The third-order valence-electron chi connectivity index (χ3n) is 3.04. The van der Waals surface area contributed by atoms with E-state index in [4.69, 9.17) is 11.6 Å². The molecular formula is C14H16ClNO3S2. The van der Waals surface area contributed by atoms with E-state index in [1.807, 2.05) is 16.8 Å². The molecule has 0 aliphatic rings. The maximum absolute atomic E-state index is 11.8. The van der Waals surface area contributed by atoms with Crippen LogP contribution in [0.2, 0.25) is 5.02 Å². The first-order valence-electron chi connectivity index (χ1n) is 6.28. The SMILES string of the molecule is CS(=O)(=O)c1cccc(Cl)c1CNCC(O)c1ccsc1. The van der Waals surface area contributed by atoms with Gasteiger partial charge in [-0.25, -0.2) is 8.42 Å². The number of halogens is 1. The predicted molar refractivity (Wildman–Crippen MR) is 85.5 cm³/mol. The first kappa shape index (κ1) is 16.5. The molecule has 2 aromatic rings. The summed E-state index contributed by atoms with van der Waals surface area (Å²) in [7, 11) is -3.34. The zero-order valence-electron chi connectivity index (χ0n) is 11.4. The van der Waals surface area contributed by atoms with Crippen molar-refractivity contribution in [2.45, 2.75) is 17.5 Å². The minimum absolute atomic E-state index is 0.215. The van der Waals surface area contributed by atoms with E-state index >= 15 is 0 Å². The Morgan fingerprint density at radius 2 is 2.14 bits per heavy atom. The number of aliphatic hydroxyl groups excluding tert-OH is 1. The van der Waals surface area contributed by atoms with Crippen LogP contribution >= 0.6 is 22.9 Å². The van der Waals surface area contributed by atoms with Gasteiger partial charge in [0.25, 0.3) is 0 Å². The van der Waals surface area contributed by atoms with E-state index in [2.05, 4.69) is 5.32 Å². The average Bonchev–Trinajstić information content (AvgIpc) is 2.93. The van der Waals surface area contributed by atoms with Crippen LogP contribution in [0.25, 0.3) is 0 Å². The Morgan fingerprint density at radius 3 is 2.76 bits per heavy atom. The van der Waals surface area contributed by atoms with Crippen LogP contribution in [0.15, 0.2) is 39.9 Å². The van der Waals surface area contributed by atoms with Crippen molar-refractivity contribution < 1.29 is 13.5 Å². The summed E-state index contributed by atoms with van der Waals surface area (Å²) in [5.41, 5.74) is 1.37. The second-order valence-electron chi connectivity index (χ2n) is 4.69. The molecule has 21 heavy (non-hydrogen) atoms. The number of sulfone groups is 1. The normalized spacial score (nSPS) is 13.3. The summed E-state index contributed by atoms with van der Waals surface area (Å²) in [5.74, 6) is 0. The van der Waals surface area contributed by atoms with Crippen LogP contribution in [-0.2, 0) is 16.4 Å². The summed E-state index contributed by atoms with van der Waals surface area (Å²) >= 11 is 7.60. The maximum Gasteiger partial charge on any atom is 0.175 e. The Labute approximate surface area is 133 Å². The minimum Gasteiger partial charge on any atom is -0.387 e. The minimum atomic E-state index is -3.34. The van der Waals surface area contributed by atoms with Gasteiger partial charge >= 0.3 is 0 Å². The van der Waals surface area contributed by atoms with Crippen LogP contribution in [0, 0.1) is 0 Å². The van der Waals surface area contributed by atoms with Gasteiger partial charge in [-0.3, -0.25) is 0 Å². The number of nitrogens with one attached hydrogen (secondary N) is 1. The lowest BCUT2D eigenvalue weighted by molar-refractivity contribution is 0.175. The number of aliphatic hydroxyl groups is 1. The molecule has 1 heterocycles. The first-order chi connectivity index (χ1) is 9.89. The lowest BCUT2D eigenvalue weighted by atomic mass is 10.2. The molecule has 0 amide bonds. The van der Waals surface area contributed by atoms with Gasteiger partial charge in [-0.2, -0.15) is 11.3 Å². The molecule has 4 nitrogen and oxygen atoms in total.